The average molecular weight is 284 g/mol. The number of nitrogens with one attached hydrogen (secondary N) is 1. The number of nitrogens with zero attached hydrogens (tertiary/aromatic N) is 1. The molecule has 1 aromatic carbocycles. The van der Waals surface area contributed by atoms with Gasteiger partial charge in [-0.2, -0.15) is 17.4 Å². The minimum Gasteiger partial charge on any atom is -0.395 e. The van der Waals surface area contributed by atoms with Crippen LogP contribution >= 0.6 is 0 Å². The molecule has 0 fully saturated rings. The molecule has 0 aromatic heterocycles. The molecule has 0 bridgehead atoms. The van der Waals surface area contributed by atoms with E-state index >= 15 is 0 Å². The van der Waals surface area contributed by atoms with E-state index in [1.54, 1.807) is 0 Å². The van der Waals surface area contributed by atoms with E-state index in [0.29, 0.717) is 19.5 Å². The van der Waals surface area contributed by atoms with Gasteiger partial charge in [0, 0.05) is 19.1 Å². The summed E-state index contributed by atoms with van der Waals surface area (Å²) in [6.07, 6.45) is 1.30. The topological polar surface area (TPSA) is 69.6 Å². The number of aliphatic hydroxyl groups is 1. The second-order valence-corrected chi connectivity index (χ2v) is 6.47. The maximum atomic E-state index is 12.2. The minimum absolute atomic E-state index is 0.180. The van der Waals surface area contributed by atoms with Crippen LogP contribution in [0.3, 0.4) is 0 Å². The van der Waals surface area contributed by atoms with Crippen molar-refractivity contribution in [2.75, 3.05) is 13.2 Å². The number of fused-ring (bicyclic) bond motifs is 1. The Bertz CT molecular complexity index is 526. The van der Waals surface area contributed by atoms with Crippen LogP contribution in [0.2, 0.25) is 0 Å². The molecule has 2 rings (SSSR count). The molecule has 0 unspecified atom stereocenters. The third-order valence-electron chi connectivity index (χ3n) is 3.46. The fraction of sp³-hybridized carbons (Fsp3) is 0.538. The van der Waals surface area contributed by atoms with Gasteiger partial charge in [-0.15, -0.1) is 0 Å². The molecule has 0 aliphatic carbocycles. The lowest BCUT2D eigenvalue weighted by atomic mass is 10.0. The zero-order valence-electron chi connectivity index (χ0n) is 11.0. The van der Waals surface area contributed by atoms with E-state index in [-0.39, 0.29) is 6.61 Å². The van der Waals surface area contributed by atoms with Crippen LogP contribution in [-0.4, -0.2) is 37.0 Å². The molecule has 1 heterocycles. The van der Waals surface area contributed by atoms with Crippen molar-refractivity contribution < 1.29 is 13.5 Å². The molecule has 2 N–H and O–H groups in total. The summed E-state index contributed by atoms with van der Waals surface area (Å²) in [4.78, 5) is 0. The highest BCUT2D eigenvalue weighted by atomic mass is 32.2. The maximum Gasteiger partial charge on any atom is 0.280 e. The summed E-state index contributed by atoms with van der Waals surface area (Å²) >= 11 is 0. The lowest BCUT2D eigenvalue weighted by molar-refractivity contribution is 0.250. The van der Waals surface area contributed by atoms with Crippen molar-refractivity contribution in [1.29, 1.82) is 0 Å². The smallest absolute Gasteiger partial charge is 0.280 e. The molecule has 106 valence electrons. The monoisotopic (exact) mass is 284 g/mol. The van der Waals surface area contributed by atoms with E-state index in [2.05, 4.69) is 4.72 Å². The maximum absolute atomic E-state index is 12.2. The highest BCUT2D eigenvalue weighted by Gasteiger charge is 2.27. The van der Waals surface area contributed by atoms with Gasteiger partial charge in [0.05, 0.1) is 6.61 Å². The molecule has 0 spiro atoms. The van der Waals surface area contributed by atoms with Crippen LogP contribution in [0.1, 0.15) is 24.5 Å². The first-order chi connectivity index (χ1) is 9.06. The van der Waals surface area contributed by atoms with Crippen LogP contribution in [0.4, 0.5) is 0 Å². The zero-order valence-corrected chi connectivity index (χ0v) is 11.9. The van der Waals surface area contributed by atoms with Gasteiger partial charge >= 0.3 is 0 Å². The van der Waals surface area contributed by atoms with Gasteiger partial charge < -0.3 is 5.11 Å². The third-order valence-corrected chi connectivity index (χ3v) is 5.09. The lowest BCUT2D eigenvalue weighted by Crippen LogP contribution is -2.48. The number of hydrogen-bond donors (Lipinski definition) is 2. The standard InChI is InChI=1S/C13H20N2O3S/c1-2-13(10-16)14-19(17,18)15-8-7-11-5-3-4-6-12(11)9-15/h3-6,13-14,16H,2,7-10H2,1H3/t13-/m0/s1. The number of hydrogen-bond acceptors (Lipinski definition) is 3. The fourth-order valence-electron chi connectivity index (χ4n) is 2.21. The summed E-state index contributed by atoms with van der Waals surface area (Å²) in [5, 5.41) is 9.10. The van der Waals surface area contributed by atoms with Gasteiger partial charge in [-0.05, 0) is 24.0 Å². The Kier molecular flexibility index (Phi) is 4.57. The molecule has 0 saturated heterocycles. The summed E-state index contributed by atoms with van der Waals surface area (Å²) in [6.45, 7) is 2.54. The van der Waals surface area contributed by atoms with E-state index in [9.17, 15) is 8.42 Å². The molecule has 0 amide bonds. The lowest BCUT2D eigenvalue weighted by Gasteiger charge is -2.29. The second kappa shape index (κ2) is 6.00. The molecule has 6 heteroatoms. The van der Waals surface area contributed by atoms with E-state index < -0.39 is 16.3 Å². The van der Waals surface area contributed by atoms with Crippen molar-refractivity contribution in [2.45, 2.75) is 32.4 Å². The SMILES string of the molecule is CC[C@@H](CO)NS(=O)(=O)N1CCc2ccccc2C1. The second-order valence-electron chi connectivity index (χ2n) is 4.76. The first kappa shape index (κ1) is 14.5. The van der Waals surface area contributed by atoms with E-state index in [1.807, 2.05) is 31.2 Å². The Labute approximate surface area is 114 Å². The Morgan fingerprint density at radius 3 is 2.68 bits per heavy atom. The molecule has 19 heavy (non-hydrogen) atoms. The molecule has 1 aliphatic heterocycles. The van der Waals surface area contributed by atoms with Crippen LogP contribution in [-0.2, 0) is 23.2 Å². The normalized spacial score (nSPS) is 18.0. The van der Waals surface area contributed by atoms with Gasteiger partial charge in [0.15, 0.2) is 0 Å². The van der Waals surface area contributed by atoms with E-state index in [4.69, 9.17) is 5.11 Å². The number of rotatable bonds is 5. The Hall–Kier alpha value is -0.950. The van der Waals surface area contributed by atoms with Crippen LogP contribution in [0, 0.1) is 0 Å². The quantitative estimate of drug-likeness (QED) is 0.834. The summed E-state index contributed by atoms with van der Waals surface area (Å²) in [6, 6.07) is 7.47. The highest BCUT2D eigenvalue weighted by molar-refractivity contribution is 7.87. The Morgan fingerprint density at radius 1 is 1.37 bits per heavy atom. The summed E-state index contributed by atoms with van der Waals surface area (Å²) in [5.74, 6) is 0. The molecule has 1 atom stereocenters. The summed E-state index contributed by atoms with van der Waals surface area (Å²) in [5.41, 5.74) is 2.26. The third kappa shape index (κ3) is 3.33. The van der Waals surface area contributed by atoms with Gasteiger partial charge in [-0.25, -0.2) is 0 Å². The molecular weight excluding hydrogens is 264 g/mol. The van der Waals surface area contributed by atoms with Crippen LogP contribution in [0.25, 0.3) is 0 Å². The Balaban J connectivity index is 2.11. The molecule has 5 nitrogen and oxygen atoms in total. The van der Waals surface area contributed by atoms with Gasteiger partial charge in [0.25, 0.3) is 10.2 Å². The van der Waals surface area contributed by atoms with Crippen LogP contribution < -0.4 is 4.72 Å². The van der Waals surface area contributed by atoms with Gasteiger partial charge in [-0.1, -0.05) is 31.2 Å². The minimum atomic E-state index is -3.53. The highest BCUT2D eigenvalue weighted by Crippen LogP contribution is 2.20. The summed E-state index contributed by atoms with van der Waals surface area (Å²) in [7, 11) is -3.53. The van der Waals surface area contributed by atoms with E-state index in [0.717, 1.165) is 12.0 Å². The zero-order chi connectivity index (χ0) is 13.9. The number of benzene rings is 1. The van der Waals surface area contributed by atoms with Gasteiger partial charge in [-0.3, -0.25) is 0 Å². The van der Waals surface area contributed by atoms with Gasteiger partial charge in [0.1, 0.15) is 0 Å². The number of aliphatic hydroxyl groups excluding tert-OH is 1. The van der Waals surface area contributed by atoms with Crippen molar-refractivity contribution in [3.8, 4) is 0 Å². The van der Waals surface area contributed by atoms with Crippen molar-refractivity contribution in [2.24, 2.45) is 0 Å². The molecule has 0 radical (unpaired) electrons. The van der Waals surface area contributed by atoms with Gasteiger partial charge in [0.2, 0.25) is 0 Å². The van der Waals surface area contributed by atoms with E-state index in [1.165, 1.54) is 9.87 Å². The predicted octanol–water partition coefficient (Wildman–Crippen LogP) is 0.650. The van der Waals surface area contributed by atoms with Crippen molar-refractivity contribution >= 4 is 10.2 Å². The average Bonchev–Trinajstić information content (AvgIpc) is 2.44. The molecule has 1 aromatic rings. The van der Waals surface area contributed by atoms with Crippen molar-refractivity contribution in [3.63, 3.8) is 0 Å². The first-order valence-corrected chi connectivity index (χ1v) is 7.96. The Morgan fingerprint density at radius 2 is 2.05 bits per heavy atom. The molecular formula is C13H20N2O3S. The molecule has 1 aliphatic rings. The first-order valence-electron chi connectivity index (χ1n) is 6.52. The predicted molar refractivity (Wildman–Crippen MR) is 73.8 cm³/mol. The summed E-state index contributed by atoms with van der Waals surface area (Å²) < 4.78 is 28.4. The van der Waals surface area contributed by atoms with Crippen LogP contribution in [0.5, 0.6) is 0 Å². The fourth-order valence-corrected chi connectivity index (χ4v) is 3.66. The van der Waals surface area contributed by atoms with Crippen molar-refractivity contribution in [3.05, 3.63) is 35.4 Å². The van der Waals surface area contributed by atoms with Crippen LogP contribution in [0.15, 0.2) is 24.3 Å². The molecule has 0 saturated carbocycles. The van der Waals surface area contributed by atoms with Crippen molar-refractivity contribution in [1.82, 2.24) is 9.03 Å². The largest absolute Gasteiger partial charge is 0.395 e.